The van der Waals surface area contributed by atoms with Gasteiger partial charge in [-0.05, 0) is 36.5 Å². The molecule has 2 saturated heterocycles. The molecule has 0 radical (unpaired) electrons. The lowest BCUT2D eigenvalue weighted by atomic mass is 9.84. The predicted octanol–water partition coefficient (Wildman–Crippen LogP) is 3.25. The van der Waals surface area contributed by atoms with Gasteiger partial charge in [-0.15, -0.1) is 0 Å². The van der Waals surface area contributed by atoms with Crippen LogP contribution in [0.5, 0.6) is 0 Å². The third-order valence-corrected chi connectivity index (χ3v) is 4.55. The van der Waals surface area contributed by atoms with E-state index in [1.54, 1.807) is 0 Å². The van der Waals surface area contributed by atoms with Crippen LogP contribution in [0.15, 0.2) is 24.3 Å². The van der Waals surface area contributed by atoms with Crippen LogP contribution < -0.4 is 0 Å². The van der Waals surface area contributed by atoms with Crippen LogP contribution in [0, 0.1) is 0 Å². The van der Waals surface area contributed by atoms with Crippen LogP contribution in [0.4, 0.5) is 0 Å². The van der Waals surface area contributed by atoms with E-state index in [1.165, 1.54) is 12.0 Å². The number of Topliss-reactive ketones (excluding diaryl/α,β-unsaturated/α-hetero) is 1. The van der Waals surface area contributed by atoms with Crippen molar-refractivity contribution in [3.05, 3.63) is 34.9 Å². The second-order valence-corrected chi connectivity index (χ2v) is 5.90. The summed E-state index contributed by atoms with van der Waals surface area (Å²) in [6.07, 6.45) is 3.85. The zero-order chi connectivity index (χ0) is 12.5. The Kier molecular flexibility index (Phi) is 3.40. The molecule has 0 N–H and O–H groups in total. The average molecular weight is 264 g/mol. The fourth-order valence-corrected chi connectivity index (χ4v) is 3.37. The SMILES string of the molecule is O=C1CCN2C[C@@H](c3ccc(Cl)cc3)CC[C@@H]2C1. The molecular formula is C15H18ClNO. The summed E-state index contributed by atoms with van der Waals surface area (Å²) >= 11 is 5.93. The van der Waals surface area contributed by atoms with E-state index in [0.717, 1.165) is 37.4 Å². The second kappa shape index (κ2) is 5.02. The van der Waals surface area contributed by atoms with Crippen molar-refractivity contribution in [2.45, 2.75) is 37.6 Å². The zero-order valence-corrected chi connectivity index (χ0v) is 11.2. The molecule has 3 rings (SSSR count). The molecule has 0 bridgehead atoms. The predicted molar refractivity (Wildman–Crippen MR) is 73.0 cm³/mol. The van der Waals surface area contributed by atoms with Gasteiger partial charge < -0.3 is 0 Å². The van der Waals surface area contributed by atoms with E-state index in [2.05, 4.69) is 17.0 Å². The number of fused-ring (bicyclic) bond motifs is 1. The van der Waals surface area contributed by atoms with Gasteiger partial charge in [-0.3, -0.25) is 9.69 Å². The lowest BCUT2D eigenvalue weighted by Gasteiger charge is -2.42. The van der Waals surface area contributed by atoms with Gasteiger partial charge in [0.2, 0.25) is 0 Å². The number of nitrogens with zero attached hydrogens (tertiary/aromatic N) is 1. The smallest absolute Gasteiger partial charge is 0.135 e. The third-order valence-electron chi connectivity index (χ3n) is 4.30. The monoisotopic (exact) mass is 263 g/mol. The van der Waals surface area contributed by atoms with Crippen LogP contribution in [-0.2, 0) is 4.79 Å². The quantitative estimate of drug-likeness (QED) is 0.775. The summed E-state index contributed by atoms with van der Waals surface area (Å²) in [5, 5.41) is 0.802. The molecule has 0 unspecified atom stereocenters. The highest BCUT2D eigenvalue weighted by molar-refractivity contribution is 6.30. The van der Waals surface area contributed by atoms with Crippen molar-refractivity contribution in [2.24, 2.45) is 0 Å². The molecule has 0 amide bonds. The minimum Gasteiger partial charge on any atom is -0.300 e. The maximum Gasteiger partial charge on any atom is 0.135 e. The Balaban J connectivity index is 1.70. The normalized spacial score (nSPS) is 29.1. The highest BCUT2D eigenvalue weighted by Gasteiger charge is 2.33. The summed E-state index contributed by atoms with van der Waals surface area (Å²) in [6, 6.07) is 8.74. The van der Waals surface area contributed by atoms with E-state index in [1.807, 2.05) is 12.1 Å². The lowest BCUT2D eigenvalue weighted by molar-refractivity contribution is -0.124. The van der Waals surface area contributed by atoms with Crippen LogP contribution in [0.1, 0.15) is 37.2 Å². The van der Waals surface area contributed by atoms with Crippen LogP contribution in [-0.4, -0.2) is 29.8 Å². The van der Waals surface area contributed by atoms with E-state index in [9.17, 15) is 4.79 Å². The molecular weight excluding hydrogens is 246 g/mol. The van der Waals surface area contributed by atoms with Crippen molar-refractivity contribution in [3.63, 3.8) is 0 Å². The van der Waals surface area contributed by atoms with Crippen molar-refractivity contribution in [2.75, 3.05) is 13.1 Å². The lowest BCUT2D eigenvalue weighted by Crippen LogP contribution is -2.47. The summed E-state index contributed by atoms with van der Waals surface area (Å²) in [5.41, 5.74) is 1.38. The molecule has 2 aliphatic rings. The van der Waals surface area contributed by atoms with E-state index < -0.39 is 0 Å². The summed E-state index contributed by atoms with van der Waals surface area (Å²) in [5.74, 6) is 1.05. The number of ketones is 1. The molecule has 2 atom stereocenters. The van der Waals surface area contributed by atoms with Gasteiger partial charge in [0.05, 0.1) is 0 Å². The van der Waals surface area contributed by atoms with Crippen molar-refractivity contribution < 1.29 is 4.79 Å². The van der Waals surface area contributed by atoms with Gasteiger partial charge in [0.15, 0.2) is 0 Å². The minimum absolute atomic E-state index is 0.446. The third kappa shape index (κ3) is 2.45. The Morgan fingerprint density at radius 3 is 2.72 bits per heavy atom. The molecule has 0 spiro atoms. The number of piperidine rings is 2. The largest absolute Gasteiger partial charge is 0.300 e. The number of carbonyl (C=O) groups is 1. The van der Waals surface area contributed by atoms with E-state index in [4.69, 9.17) is 11.6 Å². The molecule has 3 heteroatoms. The van der Waals surface area contributed by atoms with Gasteiger partial charge in [-0.25, -0.2) is 0 Å². The van der Waals surface area contributed by atoms with Gasteiger partial charge in [0, 0.05) is 37.0 Å². The Hall–Kier alpha value is -0.860. The molecule has 2 aliphatic heterocycles. The van der Waals surface area contributed by atoms with E-state index in [-0.39, 0.29) is 0 Å². The molecule has 0 saturated carbocycles. The first-order valence-corrected chi connectivity index (χ1v) is 7.11. The Bertz CT molecular complexity index is 442. The Morgan fingerprint density at radius 2 is 1.94 bits per heavy atom. The fourth-order valence-electron chi connectivity index (χ4n) is 3.24. The Morgan fingerprint density at radius 1 is 1.17 bits per heavy atom. The van der Waals surface area contributed by atoms with Crippen LogP contribution in [0.3, 0.4) is 0 Å². The molecule has 2 heterocycles. The summed E-state index contributed by atoms with van der Waals surface area (Å²) in [4.78, 5) is 14.0. The number of hydrogen-bond acceptors (Lipinski definition) is 2. The highest BCUT2D eigenvalue weighted by atomic mass is 35.5. The number of rotatable bonds is 1. The molecule has 2 nitrogen and oxygen atoms in total. The van der Waals surface area contributed by atoms with Crippen LogP contribution in [0.25, 0.3) is 0 Å². The van der Waals surface area contributed by atoms with E-state index in [0.29, 0.717) is 17.7 Å². The average Bonchev–Trinajstić information content (AvgIpc) is 2.39. The van der Waals surface area contributed by atoms with Crippen molar-refractivity contribution in [1.82, 2.24) is 4.90 Å². The maximum absolute atomic E-state index is 11.5. The first kappa shape index (κ1) is 12.2. The van der Waals surface area contributed by atoms with Crippen molar-refractivity contribution in [3.8, 4) is 0 Å². The van der Waals surface area contributed by atoms with Gasteiger partial charge in [0.25, 0.3) is 0 Å². The fraction of sp³-hybridized carbons (Fsp3) is 0.533. The van der Waals surface area contributed by atoms with Crippen molar-refractivity contribution >= 4 is 17.4 Å². The molecule has 0 aromatic heterocycles. The van der Waals surface area contributed by atoms with Crippen LogP contribution >= 0.6 is 11.6 Å². The van der Waals surface area contributed by atoms with Crippen LogP contribution in [0.2, 0.25) is 5.02 Å². The zero-order valence-electron chi connectivity index (χ0n) is 10.4. The van der Waals surface area contributed by atoms with Gasteiger partial charge in [0.1, 0.15) is 5.78 Å². The maximum atomic E-state index is 11.5. The molecule has 96 valence electrons. The molecule has 1 aromatic rings. The molecule has 2 fully saturated rings. The van der Waals surface area contributed by atoms with E-state index >= 15 is 0 Å². The van der Waals surface area contributed by atoms with Gasteiger partial charge >= 0.3 is 0 Å². The van der Waals surface area contributed by atoms with Crippen molar-refractivity contribution in [1.29, 1.82) is 0 Å². The second-order valence-electron chi connectivity index (χ2n) is 5.47. The summed E-state index contributed by atoms with van der Waals surface area (Å²) in [7, 11) is 0. The number of halogens is 1. The topological polar surface area (TPSA) is 20.3 Å². The first-order valence-electron chi connectivity index (χ1n) is 6.73. The minimum atomic E-state index is 0.446. The Labute approximate surface area is 113 Å². The highest BCUT2D eigenvalue weighted by Crippen LogP contribution is 2.33. The number of benzene rings is 1. The van der Waals surface area contributed by atoms with Gasteiger partial charge in [-0.1, -0.05) is 23.7 Å². The number of hydrogen-bond donors (Lipinski definition) is 0. The van der Waals surface area contributed by atoms with Gasteiger partial charge in [-0.2, -0.15) is 0 Å². The molecule has 18 heavy (non-hydrogen) atoms. The summed E-state index contributed by atoms with van der Waals surface area (Å²) < 4.78 is 0. The summed E-state index contributed by atoms with van der Waals surface area (Å²) in [6.45, 7) is 2.05. The number of carbonyl (C=O) groups excluding carboxylic acids is 1. The molecule has 0 aliphatic carbocycles. The first-order chi connectivity index (χ1) is 8.72. The standard InChI is InChI=1S/C15H18ClNO/c16-13-4-1-11(2-5-13)12-3-6-14-9-15(18)7-8-17(14)10-12/h1-2,4-5,12,14H,3,6-10H2/t12-,14+/m0/s1. The molecule has 1 aromatic carbocycles.